The Morgan fingerprint density at radius 1 is 0.561 bits per heavy atom. The zero-order valence-corrected chi connectivity index (χ0v) is 35.1. The molecule has 0 aromatic rings. The molecule has 2 rings (SSSR count). The Labute approximate surface area is 342 Å². The Morgan fingerprint density at radius 2 is 1.04 bits per heavy atom. The molecule has 14 nitrogen and oxygen atoms in total. The van der Waals surface area contributed by atoms with Crippen molar-refractivity contribution < 1.29 is 69.0 Å². The van der Waals surface area contributed by atoms with Gasteiger partial charge in [0.15, 0.2) is 12.6 Å². The minimum Gasteiger partial charge on any atom is -0.457 e. The van der Waals surface area contributed by atoms with E-state index in [1.54, 1.807) is 0 Å². The van der Waals surface area contributed by atoms with E-state index in [9.17, 15) is 40.5 Å². The number of esters is 1. The molecule has 336 valence electrons. The molecule has 0 amide bonds. The standard InChI is InChI=1S/C43H80O14/c1-3-5-7-9-10-11-12-13-14-15-16-17-18-19-20-21-22-23-25-27-52-29-32(55-35(45)26-24-8-6-4-2)30-53-42-41(51)39(49)37(47)34(57-42)31-54-43-40(50)38(48)36(46)33(28-44)56-43/h14-15,32-34,36-44,46-51H,3-13,16-31H2,1-2H3/b15-14-. The van der Waals surface area contributed by atoms with E-state index in [4.69, 9.17) is 28.4 Å². The number of rotatable bonds is 34. The summed E-state index contributed by atoms with van der Waals surface area (Å²) in [5.41, 5.74) is 0. The van der Waals surface area contributed by atoms with E-state index in [2.05, 4.69) is 26.0 Å². The Hall–Kier alpha value is -1.27. The van der Waals surface area contributed by atoms with Gasteiger partial charge in [-0.05, 0) is 38.5 Å². The van der Waals surface area contributed by atoms with Crippen LogP contribution in [0.3, 0.4) is 0 Å². The maximum Gasteiger partial charge on any atom is 0.306 e. The van der Waals surface area contributed by atoms with Gasteiger partial charge in [0.2, 0.25) is 0 Å². The minimum atomic E-state index is -1.70. The van der Waals surface area contributed by atoms with Crippen LogP contribution in [0.2, 0.25) is 0 Å². The fraction of sp³-hybridized carbons (Fsp3) is 0.930. The molecule has 7 N–H and O–H groups in total. The average Bonchev–Trinajstić information content (AvgIpc) is 3.21. The molecule has 11 atom stereocenters. The number of ether oxygens (including phenoxy) is 6. The van der Waals surface area contributed by atoms with Crippen molar-refractivity contribution in [3.05, 3.63) is 12.2 Å². The van der Waals surface area contributed by atoms with Crippen molar-refractivity contribution >= 4 is 5.97 Å². The monoisotopic (exact) mass is 821 g/mol. The van der Waals surface area contributed by atoms with Crippen molar-refractivity contribution in [1.29, 1.82) is 0 Å². The van der Waals surface area contributed by atoms with Crippen LogP contribution in [-0.2, 0) is 33.2 Å². The highest BCUT2D eigenvalue weighted by Gasteiger charge is 2.47. The second-order valence-corrected chi connectivity index (χ2v) is 15.9. The van der Waals surface area contributed by atoms with Crippen LogP contribution in [0.5, 0.6) is 0 Å². The summed E-state index contributed by atoms with van der Waals surface area (Å²) in [6, 6.07) is 0. The predicted octanol–water partition coefficient (Wildman–Crippen LogP) is 4.73. The Kier molecular flexibility index (Phi) is 29.6. The molecule has 2 saturated heterocycles. The summed E-state index contributed by atoms with van der Waals surface area (Å²) in [5, 5.41) is 71.5. The second kappa shape index (κ2) is 32.5. The van der Waals surface area contributed by atoms with E-state index >= 15 is 0 Å². The van der Waals surface area contributed by atoms with Crippen molar-refractivity contribution in [3.8, 4) is 0 Å². The molecule has 0 bridgehead atoms. The molecule has 14 heteroatoms. The molecule has 0 aliphatic carbocycles. The molecule has 2 fully saturated rings. The van der Waals surface area contributed by atoms with Gasteiger partial charge in [0.05, 0.1) is 26.4 Å². The number of hydrogen-bond acceptors (Lipinski definition) is 14. The van der Waals surface area contributed by atoms with Gasteiger partial charge in [-0.1, -0.05) is 122 Å². The highest BCUT2D eigenvalue weighted by molar-refractivity contribution is 5.69. The summed E-state index contributed by atoms with van der Waals surface area (Å²) >= 11 is 0. The van der Waals surface area contributed by atoms with E-state index in [-0.39, 0.29) is 19.6 Å². The summed E-state index contributed by atoms with van der Waals surface area (Å²) in [6.07, 6.45) is 13.6. The summed E-state index contributed by atoms with van der Waals surface area (Å²) in [7, 11) is 0. The van der Waals surface area contributed by atoms with Crippen LogP contribution < -0.4 is 0 Å². The van der Waals surface area contributed by atoms with Crippen LogP contribution in [0.15, 0.2) is 12.2 Å². The molecule has 0 aromatic heterocycles. The largest absolute Gasteiger partial charge is 0.457 e. The number of unbranched alkanes of at least 4 members (excludes halogenated alkanes) is 18. The Bertz CT molecular complexity index is 1000. The lowest BCUT2D eigenvalue weighted by Crippen LogP contribution is -2.61. The summed E-state index contributed by atoms with van der Waals surface area (Å²) in [6.45, 7) is 3.54. The quantitative estimate of drug-likeness (QED) is 0.0266. The smallest absolute Gasteiger partial charge is 0.306 e. The Balaban J connectivity index is 1.70. The molecular formula is C43H80O14. The molecule has 0 spiro atoms. The van der Waals surface area contributed by atoms with E-state index in [1.807, 2.05) is 0 Å². The lowest BCUT2D eigenvalue weighted by Gasteiger charge is -2.42. The van der Waals surface area contributed by atoms with Crippen molar-refractivity contribution in [1.82, 2.24) is 0 Å². The normalized spacial score (nSPS) is 28.6. The lowest BCUT2D eigenvalue weighted by atomic mass is 9.98. The SMILES string of the molecule is CCCCCCCCC/C=C\CCCCCCCCCCOCC(COC1OC(COC2OC(CO)C(O)C(O)C2O)C(O)C(O)C1O)OC(=O)CCCCCC. The van der Waals surface area contributed by atoms with Gasteiger partial charge in [0, 0.05) is 13.0 Å². The molecule has 0 saturated carbocycles. The first-order valence-corrected chi connectivity index (χ1v) is 22.3. The van der Waals surface area contributed by atoms with Gasteiger partial charge in [-0.2, -0.15) is 0 Å². The summed E-state index contributed by atoms with van der Waals surface area (Å²) in [5.74, 6) is -0.394. The van der Waals surface area contributed by atoms with Gasteiger partial charge in [0.1, 0.15) is 54.9 Å². The van der Waals surface area contributed by atoms with Gasteiger partial charge in [-0.15, -0.1) is 0 Å². The van der Waals surface area contributed by atoms with Crippen molar-refractivity contribution in [2.45, 2.75) is 223 Å². The zero-order valence-electron chi connectivity index (χ0n) is 35.1. The van der Waals surface area contributed by atoms with Crippen LogP contribution in [-0.4, -0.2) is 142 Å². The number of allylic oxidation sites excluding steroid dienone is 2. The maximum absolute atomic E-state index is 12.7. The first-order chi connectivity index (χ1) is 27.6. The molecule has 0 radical (unpaired) electrons. The predicted molar refractivity (Wildman–Crippen MR) is 215 cm³/mol. The fourth-order valence-electron chi connectivity index (χ4n) is 7.04. The molecule has 57 heavy (non-hydrogen) atoms. The number of carbonyl (C=O) groups excluding carboxylic acids is 1. The van der Waals surface area contributed by atoms with Crippen LogP contribution in [0, 0.1) is 0 Å². The summed E-state index contributed by atoms with van der Waals surface area (Å²) in [4.78, 5) is 12.7. The molecular weight excluding hydrogens is 740 g/mol. The van der Waals surface area contributed by atoms with Gasteiger partial charge in [0.25, 0.3) is 0 Å². The summed E-state index contributed by atoms with van der Waals surface area (Å²) < 4.78 is 33.9. The van der Waals surface area contributed by atoms with Crippen LogP contribution in [0.1, 0.15) is 155 Å². The molecule has 2 aliphatic rings. The van der Waals surface area contributed by atoms with E-state index in [1.165, 1.54) is 89.9 Å². The van der Waals surface area contributed by atoms with Crippen LogP contribution in [0.4, 0.5) is 0 Å². The van der Waals surface area contributed by atoms with Crippen molar-refractivity contribution in [2.75, 3.05) is 33.0 Å². The van der Waals surface area contributed by atoms with Gasteiger partial charge < -0.3 is 64.2 Å². The molecule has 2 heterocycles. The average molecular weight is 821 g/mol. The van der Waals surface area contributed by atoms with Gasteiger partial charge in [-0.3, -0.25) is 4.79 Å². The molecule has 0 aromatic carbocycles. The third-order valence-corrected chi connectivity index (χ3v) is 10.8. The van der Waals surface area contributed by atoms with E-state index < -0.39 is 86.7 Å². The maximum atomic E-state index is 12.7. The van der Waals surface area contributed by atoms with Gasteiger partial charge >= 0.3 is 5.97 Å². The topological polar surface area (TPSA) is 214 Å². The first-order valence-electron chi connectivity index (χ1n) is 22.3. The highest BCUT2D eigenvalue weighted by atomic mass is 16.7. The second-order valence-electron chi connectivity index (χ2n) is 15.9. The third kappa shape index (κ3) is 21.7. The van der Waals surface area contributed by atoms with Crippen LogP contribution in [0.25, 0.3) is 0 Å². The van der Waals surface area contributed by atoms with Crippen LogP contribution >= 0.6 is 0 Å². The number of aliphatic hydroxyl groups excluding tert-OH is 7. The minimum absolute atomic E-state index is 0.0613. The fourth-order valence-corrected chi connectivity index (χ4v) is 7.04. The number of carbonyl (C=O) groups is 1. The number of aliphatic hydroxyl groups is 7. The zero-order chi connectivity index (χ0) is 41.7. The van der Waals surface area contributed by atoms with Crippen molar-refractivity contribution in [3.63, 3.8) is 0 Å². The van der Waals surface area contributed by atoms with E-state index in [0.29, 0.717) is 13.0 Å². The van der Waals surface area contributed by atoms with Gasteiger partial charge in [-0.25, -0.2) is 0 Å². The van der Waals surface area contributed by atoms with Crippen molar-refractivity contribution in [2.24, 2.45) is 0 Å². The Morgan fingerprint density at radius 3 is 1.60 bits per heavy atom. The lowest BCUT2D eigenvalue weighted by molar-refractivity contribution is -0.332. The first kappa shape index (κ1) is 51.9. The number of hydrogen-bond donors (Lipinski definition) is 7. The van der Waals surface area contributed by atoms with E-state index in [0.717, 1.165) is 38.5 Å². The highest BCUT2D eigenvalue weighted by Crippen LogP contribution is 2.26. The molecule has 2 aliphatic heterocycles. The third-order valence-electron chi connectivity index (χ3n) is 10.8. The molecule has 11 unspecified atom stereocenters.